The number of rotatable bonds is 6. The first-order chi connectivity index (χ1) is 13.7. The lowest BCUT2D eigenvalue weighted by molar-refractivity contribution is -0.121. The molecule has 1 N–H and O–H groups in total. The van der Waals surface area contributed by atoms with Gasteiger partial charge in [0, 0.05) is 23.7 Å². The number of anilines is 1. The van der Waals surface area contributed by atoms with Gasteiger partial charge in [-0.05, 0) is 60.2 Å². The number of fused-ring (bicyclic) bond motifs is 1. The molecule has 0 fully saturated rings. The fraction of sp³-hybridized carbons (Fsp3) is 0.261. The Balaban J connectivity index is 1.30. The van der Waals surface area contributed by atoms with Crippen molar-refractivity contribution in [1.29, 1.82) is 0 Å². The highest BCUT2D eigenvalue weighted by atomic mass is 32.1. The van der Waals surface area contributed by atoms with E-state index in [2.05, 4.69) is 21.7 Å². The lowest BCUT2D eigenvalue weighted by Gasteiger charge is -2.31. The summed E-state index contributed by atoms with van der Waals surface area (Å²) in [5.74, 6) is 0.813. The molecule has 1 atom stereocenters. The molecule has 1 amide bonds. The van der Waals surface area contributed by atoms with Crippen LogP contribution in [0.1, 0.15) is 22.9 Å². The summed E-state index contributed by atoms with van der Waals surface area (Å²) in [5, 5.41) is 5.16. The van der Waals surface area contributed by atoms with E-state index in [1.165, 1.54) is 10.4 Å². The third-order valence-corrected chi connectivity index (χ3v) is 6.16. The minimum Gasteiger partial charge on any atom is -0.489 e. The van der Waals surface area contributed by atoms with Crippen LogP contribution in [0.4, 0.5) is 5.69 Å². The van der Waals surface area contributed by atoms with E-state index < -0.39 is 0 Å². The van der Waals surface area contributed by atoms with Crippen molar-refractivity contribution < 1.29 is 9.53 Å². The molecule has 0 bridgehead atoms. The molecule has 0 saturated carbocycles. The molecule has 2 heterocycles. The van der Waals surface area contributed by atoms with E-state index in [9.17, 15) is 4.79 Å². The van der Waals surface area contributed by atoms with E-state index in [4.69, 9.17) is 4.74 Å². The molecule has 4 rings (SSSR count). The molecule has 0 aliphatic carbocycles. The Morgan fingerprint density at radius 3 is 2.71 bits per heavy atom. The fourth-order valence-corrected chi connectivity index (χ4v) is 4.28. The van der Waals surface area contributed by atoms with E-state index in [-0.39, 0.29) is 11.9 Å². The molecule has 4 nitrogen and oxygen atoms in total. The maximum atomic E-state index is 12.7. The molecule has 0 spiro atoms. The highest BCUT2D eigenvalue weighted by Gasteiger charge is 2.25. The number of benzene rings is 2. The molecule has 5 heteroatoms. The van der Waals surface area contributed by atoms with Gasteiger partial charge in [-0.1, -0.05) is 30.3 Å². The second-order valence-electron chi connectivity index (χ2n) is 7.05. The van der Waals surface area contributed by atoms with Crippen LogP contribution in [0.2, 0.25) is 0 Å². The zero-order chi connectivity index (χ0) is 19.3. The number of hydrogen-bond donors (Lipinski definition) is 1. The molecule has 144 valence electrons. The summed E-state index contributed by atoms with van der Waals surface area (Å²) in [6.45, 7) is 4.28. The Morgan fingerprint density at radius 1 is 1.14 bits per heavy atom. The van der Waals surface area contributed by atoms with Gasteiger partial charge in [-0.25, -0.2) is 0 Å². The standard InChI is InChI=1S/C23H24N2O2S/c1-17(25-13-11-22-19(15-25)12-14-28-22)23(26)24-20-7-9-21(10-8-20)27-16-18-5-3-2-4-6-18/h2-10,12,14,17H,11,13,15-16H2,1H3,(H,24,26). The molecular weight excluding hydrogens is 368 g/mol. The largest absolute Gasteiger partial charge is 0.489 e. The van der Waals surface area contributed by atoms with Crippen molar-refractivity contribution in [2.45, 2.75) is 32.5 Å². The molecule has 1 aliphatic heterocycles. The van der Waals surface area contributed by atoms with Crippen LogP contribution >= 0.6 is 11.3 Å². The number of carbonyl (C=O) groups excluding carboxylic acids is 1. The van der Waals surface area contributed by atoms with Crippen molar-refractivity contribution in [3.63, 3.8) is 0 Å². The zero-order valence-corrected chi connectivity index (χ0v) is 16.7. The van der Waals surface area contributed by atoms with Gasteiger partial charge in [-0.15, -0.1) is 11.3 Å². The molecule has 28 heavy (non-hydrogen) atoms. The number of nitrogens with one attached hydrogen (secondary N) is 1. The van der Waals surface area contributed by atoms with Crippen molar-refractivity contribution >= 4 is 22.9 Å². The quantitative estimate of drug-likeness (QED) is 0.660. The molecular formula is C23H24N2O2S. The van der Waals surface area contributed by atoms with Gasteiger partial charge >= 0.3 is 0 Å². The third-order valence-electron chi connectivity index (χ3n) is 5.13. The highest BCUT2D eigenvalue weighted by molar-refractivity contribution is 7.10. The fourth-order valence-electron chi connectivity index (χ4n) is 3.39. The molecule has 0 saturated heterocycles. The molecule has 2 aromatic carbocycles. The number of hydrogen-bond acceptors (Lipinski definition) is 4. The summed E-state index contributed by atoms with van der Waals surface area (Å²) in [7, 11) is 0. The lowest BCUT2D eigenvalue weighted by atomic mass is 10.1. The summed E-state index contributed by atoms with van der Waals surface area (Å²) in [4.78, 5) is 16.4. The maximum absolute atomic E-state index is 12.7. The van der Waals surface area contributed by atoms with E-state index in [0.29, 0.717) is 6.61 Å². The van der Waals surface area contributed by atoms with Crippen LogP contribution < -0.4 is 10.1 Å². The Morgan fingerprint density at radius 2 is 1.93 bits per heavy atom. The van der Waals surface area contributed by atoms with E-state index in [0.717, 1.165) is 36.5 Å². The minimum atomic E-state index is -0.165. The Hall–Kier alpha value is -2.63. The number of nitrogens with zero attached hydrogens (tertiary/aromatic N) is 1. The monoisotopic (exact) mass is 392 g/mol. The first-order valence-electron chi connectivity index (χ1n) is 9.56. The van der Waals surface area contributed by atoms with Gasteiger partial charge in [0.2, 0.25) is 5.91 Å². The van der Waals surface area contributed by atoms with Crippen LogP contribution in [0.25, 0.3) is 0 Å². The second-order valence-corrected chi connectivity index (χ2v) is 8.05. The average Bonchev–Trinajstić information content (AvgIpc) is 3.21. The zero-order valence-electron chi connectivity index (χ0n) is 15.9. The van der Waals surface area contributed by atoms with Crippen LogP contribution in [0, 0.1) is 0 Å². The van der Waals surface area contributed by atoms with Crippen molar-refractivity contribution in [3.8, 4) is 5.75 Å². The van der Waals surface area contributed by atoms with E-state index >= 15 is 0 Å². The van der Waals surface area contributed by atoms with Crippen LogP contribution in [-0.2, 0) is 24.4 Å². The van der Waals surface area contributed by atoms with Crippen molar-refractivity contribution in [1.82, 2.24) is 4.90 Å². The van der Waals surface area contributed by atoms with E-state index in [1.807, 2.05) is 72.9 Å². The number of ether oxygens (including phenoxy) is 1. The SMILES string of the molecule is CC(C(=O)Nc1ccc(OCc2ccccc2)cc1)N1CCc2sccc2C1. The molecule has 1 aliphatic rings. The van der Waals surface area contributed by atoms with Gasteiger partial charge < -0.3 is 10.1 Å². The van der Waals surface area contributed by atoms with Crippen molar-refractivity contribution in [2.24, 2.45) is 0 Å². The summed E-state index contributed by atoms with van der Waals surface area (Å²) < 4.78 is 5.80. The predicted molar refractivity (Wildman–Crippen MR) is 114 cm³/mol. The van der Waals surface area contributed by atoms with Crippen LogP contribution in [-0.4, -0.2) is 23.4 Å². The summed E-state index contributed by atoms with van der Waals surface area (Å²) in [5.41, 5.74) is 3.27. The average molecular weight is 393 g/mol. The van der Waals surface area contributed by atoms with Crippen molar-refractivity contribution in [3.05, 3.63) is 82.0 Å². The Kier molecular flexibility index (Phi) is 5.74. The Labute approximate surface area is 169 Å². The van der Waals surface area contributed by atoms with Gasteiger partial charge in [-0.3, -0.25) is 9.69 Å². The highest BCUT2D eigenvalue weighted by Crippen LogP contribution is 2.25. The normalized spacial score (nSPS) is 14.9. The van der Waals surface area contributed by atoms with Crippen LogP contribution in [0.15, 0.2) is 66.0 Å². The second kappa shape index (κ2) is 8.59. The maximum Gasteiger partial charge on any atom is 0.241 e. The van der Waals surface area contributed by atoms with Gasteiger partial charge in [-0.2, -0.15) is 0 Å². The number of carbonyl (C=O) groups is 1. The molecule has 0 radical (unpaired) electrons. The van der Waals surface area contributed by atoms with Crippen LogP contribution in [0.5, 0.6) is 5.75 Å². The van der Waals surface area contributed by atoms with Gasteiger partial charge in [0.1, 0.15) is 12.4 Å². The molecule has 1 aromatic heterocycles. The number of amides is 1. The van der Waals surface area contributed by atoms with Gasteiger partial charge in [0.15, 0.2) is 0 Å². The third kappa shape index (κ3) is 4.43. The Bertz CT molecular complexity index is 921. The van der Waals surface area contributed by atoms with Crippen LogP contribution in [0.3, 0.4) is 0 Å². The topological polar surface area (TPSA) is 41.6 Å². The minimum absolute atomic E-state index is 0.0247. The summed E-state index contributed by atoms with van der Waals surface area (Å²) in [6.07, 6.45) is 1.03. The first-order valence-corrected chi connectivity index (χ1v) is 10.4. The number of thiophene rings is 1. The van der Waals surface area contributed by atoms with Crippen molar-refractivity contribution in [2.75, 3.05) is 11.9 Å². The van der Waals surface area contributed by atoms with Gasteiger partial charge in [0.05, 0.1) is 6.04 Å². The molecule has 1 unspecified atom stereocenters. The lowest BCUT2D eigenvalue weighted by Crippen LogP contribution is -2.44. The summed E-state index contributed by atoms with van der Waals surface area (Å²) in [6, 6.07) is 19.6. The molecule has 3 aromatic rings. The van der Waals surface area contributed by atoms with E-state index in [1.54, 1.807) is 0 Å². The van der Waals surface area contributed by atoms with Gasteiger partial charge in [0.25, 0.3) is 0 Å². The summed E-state index contributed by atoms with van der Waals surface area (Å²) >= 11 is 1.81. The first kappa shape index (κ1) is 18.7. The smallest absolute Gasteiger partial charge is 0.241 e. The predicted octanol–water partition coefficient (Wildman–Crippen LogP) is 4.71.